The number of nitro benzene ring substituents is 1. The molecule has 0 aliphatic heterocycles. The van der Waals surface area contributed by atoms with Crippen LogP contribution in [0, 0.1) is 10.1 Å². The summed E-state index contributed by atoms with van der Waals surface area (Å²) < 4.78 is 0. The highest BCUT2D eigenvalue weighted by molar-refractivity contribution is 6.32. The van der Waals surface area contributed by atoms with E-state index in [1.165, 1.54) is 12.1 Å². The molecule has 0 aliphatic rings. The van der Waals surface area contributed by atoms with E-state index in [2.05, 4.69) is 10.6 Å². The van der Waals surface area contributed by atoms with E-state index < -0.39 is 10.8 Å². The van der Waals surface area contributed by atoms with E-state index in [-0.39, 0.29) is 28.2 Å². The minimum atomic E-state index is -0.660. The van der Waals surface area contributed by atoms with Gasteiger partial charge < -0.3 is 10.6 Å². The Labute approximate surface area is 155 Å². The van der Waals surface area contributed by atoms with Crippen molar-refractivity contribution in [1.82, 2.24) is 5.32 Å². The summed E-state index contributed by atoms with van der Waals surface area (Å²) in [5.41, 5.74) is 0.334. The quantitative estimate of drug-likeness (QED) is 0.587. The SMILES string of the molecule is CCC(C)NC(=O)c1ccccc1NC(=O)c1ccc(Cl)c([N+](=O)[O-])c1. The lowest BCUT2D eigenvalue weighted by Crippen LogP contribution is -2.32. The van der Waals surface area contributed by atoms with Crippen molar-refractivity contribution in [1.29, 1.82) is 0 Å². The molecule has 2 amide bonds. The van der Waals surface area contributed by atoms with Crippen LogP contribution in [0.4, 0.5) is 11.4 Å². The van der Waals surface area contributed by atoms with Crippen molar-refractivity contribution in [2.75, 3.05) is 5.32 Å². The Morgan fingerprint density at radius 2 is 1.88 bits per heavy atom. The lowest BCUT2D eigenvalue weighted by atomic mass is 10.1. The van der Waals surface area contributed by atoms with Crippen LogP contribution in [0.1, 0.15) is 41.0 Å². The van der Waals surface area contributed by atoms with Gasteiger partial charge in [-0.05, 0) is 37.6 Å². The van der Waals surface area contributed by atoms with Crippen LogP contribution >= 0.6 is 11.6 Å². The topological polar surface area (TPSA) is 101 Å². The Hall–Kier alpha value is -2.93. The molecule has 0 radical (unpaired) electrons. The molecule has 2 aromatic rings. The van der Waals surface area contributed by atoms with Gasteiger partial charge in [0, 0.05) is 17.7 Å². The summed E-state index contributed by atoms with van der Waals surface area (Å²) in [6.07, 6.45) is 0.773. The molecule has 2 aromatic carbocycles. The number of carbonyl (C=O) groups excluding carboxylic acids is 2. The highest BCUT2D eigenvalue weighted by Crippen LogP contribution is 2.26. The van der Waals surface area contributed by atoms with Crippen molar-refractivity contribution in [3.63, 3.8) is 0 Å². The van der Waals surface area contributed by atoms with Crippen molar-refractivity contribution in [3.8, 4) is 0 Å². The van der Waals surface area contributed by atoms with E-state index in [4.69, 9.17) is 11.6 Å². The van der Waals surface area contributed by atoms with Crippen LogP contribution in [0.3, 0.4) is 0 Å². The normalized spacial score (nSPS) is 11.5. The van der Waals surface area contributed by atoms with Crippen molar-refractivity contribution < 1.29 is 14.5 Å². The fourth-order valence-corrected chi connectivity index (χ4v) is 2.37. The minimum absolute atomic E-state index is 0.00910. The van der Waals surface area contributed by atoms with Gasteiger partial charge in [-0.2, -0.15) is 0 Å². The van der Waals surface area contributed by atoms with Gasteiger partial charge in [0.1, 0.15) is 5.02 Å². The molecule has 1 atom stereocenters. The molecule has 0 aliphatic carbocycles. The summed E-state index contributed by atoms with van der Waals surface area (Å²) in [7, 11) is 0. The van der Waals surface area contributed by atoms with Crippen molar-refractivity contribution in [2.24, 2.45) is 0 Å². The van der Waals surface area contributed by atoms with Crippen molar-refractivity contribution >= 4 is 34.8 Å². The molecule has 2 N–H and O–H groups in total. The molecular formula is C18H18ClN3O4. The van der Waals surface area contributed by atoms with Crippen LogP contribution in [-0.4, -0.2) is 22.8 Å². The predicted molar refractivity (Wildman–Crippen MR) is 99.7 cm³/mol. The average Bonchev–Trinajstić information content (AvgIpc) is 2.61. The van der Waals surface area contributed by atoms with E-state index in [1.54, 1.807) is 24.3 Å². The second-order valence-corrected chi connectivity index (χ2v) is 6.11. The third-order valence-corrected chi connectivity index (χ3v) is 4.13. The van der Waals surface area contributed by atoms with Gasteiger partial charge >= 0.3 is 0 Å². The number of nitrogens with one attached hydrogen (secondary N) is 2. The number of nitro groups is 1. The van der Waals surface area contributed by atoms with Crippen molar-refractivity contribution in [3.05, 3.63) is 68.7 Å². The first-order valence-electron chi connectivity index (χ1n) is 7.98. The smallest absolute Gasteiger partial charge is 0.288 e. The molecule has 0 saturated heterocycles. The zero-order valence-corrected chi connectivity index (χ0v) is 15.0. The Morgan fingerprint density at radius 3 is 2.54 bits per heavy atom. The molecule has 0 saturated carbocycles. The second kappa shape index (κ2) is 8.44. The van der Waals surface area contributed by atoms with Crippen LogP contribution in [0.5, 0.6) is 0 Å². The Bertz CT molecular complexity index is 854. The third kappa shape index (κ3) is 4.58. The Morgan fingerprint density at radius 1 is 1.19 bits per heavy atom. The van der Waals surface area contributed by atoms with Gasteiger partial charge in [0.2, 0.25) is 0 Å². The molecule has 0 heterocycles. The van der Waals surface area contributed by atoms with E-state index in [9.17, 15) is 19.7 Å². The molecule has 0 fully saturated rings. The Kier molecular flexibility index (Phi) is 6.30. The third-order valence-electron chi connectivity index (χ3n) is 3.81. The number of nitrogens with zero attached hydrogens (tertiary/aromatic N) is 1. The first kappa shape index (κ1) is 19.4. The molecule has 0 spiro atoms. The first-order chi connectivity index (χ1) is 12.3. The van der Waals surface area contributed by atoms with E-state index in [0.717, 1.165) is 12.5 Å². The van der Waals surface area contributed by atoms with Gasteiger partial charge in [0.25, 0.3) is 17.5 Å². The molecule has 26 heavy (non-hydrogen) atoms. The maximum atomic E-state index is 12.4. The lowest BCUT2D eigenvalue weighted by molar-refractivity contribution is -0.384. The summed E-state index contributed by atoms with van der Waals surface area (Å²) in [6, 6.07) is 10.3. The number of benzene rings is 2. The largest absolute Gasteiger partial charge is 0.350 e. The van der Waals surface area contributed by atoms with Crippen molar-refractivity contribution in [2.45, 2.75) is 26.3 Å². The van der Waals surface area contributed by atoms with Crippen LogP contribution in [0.25, 0.3) is 0 Å². The number of amides is 2. The average molecular weight is 376 g/mol. The van der Waals surface area contributed by atoms with Crippen LogP contribution in [0.2, 0.25) is 5.02 Å². The molecule has 0 aromatic heterocycles. The number of carbonyl (C=O) groups is 2. The van der Waals surface area contributed by atoms with Crippen LogP contribution < -0.4 is 10.6 Å². The van der Waals surface area contributed by atoms with Gasteiger partial charge in [0.05, 0.1) is 16.2 Å². The zero-order chi connectivity index (χ0) is 19.3. The molecule has 2 rings (SSSR count). The maximum absolute atomic E-state index is 12.4. The number of para-hydroxylation sites is 1. The lowest BCUT2D eigenvalue weighted by Gasteiger charge is -2.14. The number of hydrogen-bond acceptors (Lipinski definition) is 4. The fourth-order valence-electron chi connectivity index (χ4n) is 2.18. The number of halogens is 1. The molecule has 0 bridgehead atoms. The second-order valence-electron chi connectivity index (χ2n) is 5.71. The fraction of sp³-hybridized carbons (Fsp3) is 0.222. The zero-order valence-electron chi connectivity index (χ0n) is 14.3. The van der Waals surface area contributed by atoms with E-state index in [0.29, 0.717) is 11.3 Å². The number of anilines is 1. The highest BCUT2D eigenvalue weighted by atomic mass is 35.5. The summed E-state index contributed by atoms with van der Waals surface area (Å²) in [6.45, 7) is 3.83. The summed E-state index contributed by atoms with van der Waals surface area (Å²) in [4.78, 5) is 35.1. The molecule has 136 valence electrons. The molecular weight excluding hydrogens is 358 g/mol. The number of hydrogen-bond donors (Lipinski definition) is 2. The van der Waals surface area contributed by atoms with Gasteiger partial charge in [-0.1, -0.05) is 30.7 Å². The first-order valence-corrected chi connectivity index (χ1v) is 8.36. The number of rotatable bonds is 6. The molecule has 8 heteroatoms. The summed E-state index contributed by atoms with van der Waals surface area (Å²) in [5.74, 6) is -0.883. The Balaban J connectivity index is 2.26. The van der Waals surface area contributed by atoms with E-state index >= 15 is 0 Å². The maximum Gasteiger partial charge on any atom is 0.288 e. The summed E-state index contributed by atoms with van der Waals surface area (Å²) in [5, 5.41) is 16.4. The van der Waals surface area contributed by atoms with Gasteiger partial charge in [-0.15, -0.1) is 0 Å². The predicted octanol–water partition coefficient (Wildman–Crippen LogP) is 4.03. The minimum Gasteiger partial charge on any atom is -0.350 e. The van der Waals surface area contributed by atoms with Crippen LogP contribution in [0.15, 0.2) is 42.5 Å². The van der Waals surface area contributed by atoms with Gasteiger partial charge in [0.15, 0.2) is 0 Å². The van der Waals surface area contributed by atoms with Crippen LogP contribution in [-0.2, 0) is 0 Å². The standard InChI is InChI=1S/C18H18ClN3O4/c1-3-11(2)20-18(24)13-6-4-5-7-15(13)21-17(23)12-8-9-14(19)16(10-12)22(25)26/h4-11H,3H2,1-2H3,(H,20,24)(H,21,23). The summed E-state index contributed by atoms with van der Waals surface area (Å²) >= 11 is 5.76. The van der Waals surface area contributed by atoms with E-state index in [1.807, 2.05) is 13.8 Å². The van der Waals surface area contributed by atoms with Gasteiger partial charge in [-0.3, -0.25) is 19.7 Å². The van der Waals surface area contributed by atoms with Gasteiger partial charge in [-0.25, -0.2) is 0 Å². The molecule has 1 unspecified atom stereocenters. The monoisotopic (exact) mass is 375 g/mol. The highest BCUT2D eigenvalue weighted by Gasteiger charge is 2.18. The molecule has 7 nitrogen and oxygen atoms in total.